The molecule has 0 radical (unpaired) electrons. The Kier molecular flexibility index (Phi) is 3.21. The molecule has 86 valence electrons. The van der Waals surface area contributed by atoms with Crippen LogP contribution in [0.2, 0.25) is 10.0 Å². The fraction of sp³-hybridized carbons (Fsp3) is 0. The first-order valence-corrected chi connectivity index (χ1v) is 7.73. The summed E-state index contributed by atoms with van der Waals surface area (Å²) in [4.78, 5) is 3.44. The minimum Gasteiger partial charge on any atom is -0.353 e. The number of halogens is 4. The molecular weight excluding hydrogens is 483 g/mol. The van der Waals surface area contributed by atoms with Crippen LogP contribution in [0.5, 0.6) is 0 Å². The lowest BCUT2D eigenvalue weighted by Gasteiger charge is -1.97. The molecule has 1 heterocycles. The van der Waals surface area contributed by atoms with Gasteiger partial charge in [0, 0.05) is 28.0 Å². The van der Waals surface area contributed by atoms with Gasteiger partial charge in [-0.1, -0.05) is 23.2 Å². The van der Waals surface area contributed by atoms with Crippen molar-refractivity contribution < 1.29 is 0 Å². The molecule has 0 atom stereocenters. The topological polar surface area (TPSA) is 15.8 Å². The van der Waals surface area contributed by atoms with E-state index in [-0.39, 0.29) is 0 Å². The number of aromatic amines is 1. The molecule has 0 amide bonds. The predicted molar refractivity (Wildman–Crippen MR) is 91.3 cm³/mol. The van der Waals surface area contributed by atoms with Crippen LogP contribution < -0.4 is 0 Å². The SMILES string of the molecule is Clc1cc(I)c2[nH]c3c(I)cc(Cl)cc3c2c1. The Bertz CT molecular complexity index is 687. The Morgan fingerprint density at radius 1 is 0.765 bits per heavy atom. The summed E-state index contributed by atoms with van der Waals surface area (Å²) in [5, 5.41) is 3.74. The van der Waals surface area contributed by atoms with Crippen molar-refractivity contribution in [1.29, 1.82) is 0 Å². The van der Waals surface area contributed by atoms with Gasteiger partial charge < -0.3 is 4.98 Å². The van der Waals surface area contributed by atoms with Gasteiger partial charge in [-0.05, 0) is 69.4 Å². The molecule has 0 aliphatic heterocycles. The van der Waals surface area contributed by atoms with E-state index in [0.29, 0.717) is 0 Å². The molecule has 0 bridgehead atoms. The van der Waals surface area contributed by atoms with Crippen LogP contribution in [0.4, 0.5) is 0 Å². The molecule has 3 aromatic rings. The lowest BCUT2D eigenvalue weighted by Crippen LogP contribution is -1.75. The van der Waals surface area contributed by atoms with Crippen LogP contribution in [0.15, 0.2) is 24.3 Å². The minimum atomic E-state index is 0.748. The van der Waals surface area contributed by atoms with Gasteiger partial charge in [-0.25, -0.2) is 0 Å². The summed E-state index contributed by atoms with van der Waals surface area (Å²) in [5.74, 6) is 0. The van der Waals surface area contributed by atoms with E-state index < -0.39 is 0 Å². The first-order chi connectivity index (χ1) is 8.06. The van der Waals surface area contributed by atoms with Crippen molar-refractivity contribution >= 4 is 90.2 Å². The maximum Gasteiger partial charge on any atom is 0.0601 e. The summed E-state index contributed by atoms with van der Waals surface area (Å²) in [6, 6.07) is 7.86. The van der Waals surface area contributed by atoms with Crippen molar-refractivity contribution in [3.8, 4) is 0 Å². The highest BCUT2D eigenvalue weighted by molar-refractivity contribution is 14.1. The van der Waals surface area contributed by atoms with Gasteiger partial charge in [0.1, 0.15) is 0 Å². The smallest absolute Gasteiger partial charge is 0.0601 e. The second-order valence-corrected chi connectivity index (χ2v) is 6.94. The third-order valence-corrected chi connectivity index (χ3v) is 4.79. The van der Waals surface area contributed by atoms with Crippen molar-refractivity contribution in [2.75, 3.05) is 0 Å². The summed E-state index contributed by atoms with van der Waals surface area (Å²) in [5.41, 5.74) is 2.23. The van der Waals surface area contributed by atoms with Crippen LogP contribution >= 0.6 is 68.4 Å². The lowest BCUT2D eigenvalue weighted by molar-refractivity contribution is 1.51. The van der Waals surface area contributed by atoms with Gasteiger partial charge in [-0.15, -0.1) is 0 Å². The van der Waals surface area contributed by atoms with Gasteiger partial charge in [0.25, 0.3) is 0 Å². The van der Waals surface area contributed by atoms with Gasteiger partial charge in [0.05, 0.1) is 11.0 Å². The number of hydrogen-bond donors (Lipinski definition) is 1. The normalized spacial score (nSPS) is 11.5. The van der Waals surface area contributed by atoms with E-state index in [1.54, 1.807) is 0 Å². The zero-order chi connectivity index (χ0) is 12.2. The number of nitrogens with one attached hydrogen (secondary N) is 1. The van der Waals surface area contributed by atoms with E-state index >= 15 is 0 Å². The number of rotatable bonds is 0. The first kappa shape index (κ1) is 12.3. The molecule has 2 aromatic carbocycles. The molecule has 0 unspecified atom stereocenters. The number of aromatic nitrogens is 1. The lowest BCUT2D eigenvalue weighted by atomic mass is 10.1. The van der Waals surface area contributed by atoms with Gasteiger partial charge >= 0.3 is 0 Å². The molecule has 5 heteroatoms. The highest BCUT2D eigenvalue weighted by Gasteiger charge is 2.11. The van der Waals surface area contributed by atoms with E-state index in [1.807, 2.05) is 24.3 Å². The zero-order valence-corrected chi connectivity index (χ0v) is 14.1. The molecule has 17 heavy (non-hydrogen) atoms. The molecule has 0 saturated carbocycles. The van der Waals surface area contributed by atoms with Gasteiger partial charge in [-0.3, -0.25) is 0 Å². The van der Waals surface area contributed by atoms with E-state index in [9.17, 15) is 0 Å². The van der Waals surface area contributed by atoms with Crippen LogP contribution in [0.1, 0.15) is 0 Å². The summed E-state index contributed by atoms with van der Waals surface area (Å²) < 4.78 is 2.24. The standard InChI is InChI=1S/C12H5Cl2I2N/c13-5-1-7-8-2-6(14)4-10(16)12(8)17-11(7)9(15)3-5/h1-4,17H. The number of H-pyrrole nitrogens is 1. The molecule has 0 spiro atoms. The molecule has 1 nitrogen and oxygen atoms in total. The van der Waals surface area contributed by atoms with E-state index in [2.05, 4.69) is 50.2 Å². The number of fused-ring (bicyclic) bond motifs is 3. The molecule has 0 aliphatic carbocycles. The Morgan fingerprint density at radius 2 is 1.18 bits per heavy atom. The molecule has 0 saturated heterocycles. The van der Waals surface area contributed by atoms with Crippen molar-refractivity contribution in [2.45, 2.75) is 0 Å². The monoisotopic (exact) mass is 487 g/mol. The van der Waals surface area contributed by atoms with E-state index in [4.69, 9.17) is 23.2 Å². The van der Waals surface area contributed by atoms with Crippen LogP contribution in [0.3, 0.4) is 0 Å². The predicted octanol–water partition coefficient (Wildman–Crippen LogP) is 5.84. The molecule has 1 aromatic heterocycles. The Balaban J connectivity index is 2.60. The summed E-state index contributed by atoms with van der Waals surface area (Å²) in [6.07, 6.45) is 0. The highest BCUT2D eigenvalue weighted by Crippen LogP contribution is 2.34. The van der Waals surface area contributed by atoms with Gasteiger partial charge in [-0.2, -0.15) is 0 Å². The molecule has 1 N–H and O–H groups in total. The fourth-order valence-electron chi connectivity index (χ4n) is 1.95. The number of hydrogen-bond acceptors (Lipinski definition) is 0. The molecule has 0 aliphatic rings. The van der Waals surface area contributed by atoms with Crippen molar-refractivity contribution in [2.24, 2.45) is 0 Å². The second kappa shape index (κ2) is 4.43. The van der Waals surface area contributed by atoms with Crippen molar-refractivity contribution in [3.63, 3.8) is 0 Å². The van der Waals surface area contributed by atoms with Gasteiger partial charge in [0.2, 0.25) is 0 Å². The molecule has 0 fully saturated rings. The highest BCUT2D eigenvalue weighted by atomic mass is 127. The van der Waals surface area contributed by atoms with Crippen LogP contribution in [0, 0.1) is 7.14 Å². The van der Waals surface area contributed by atoms with E-state index in [1.165, 1.54) is 0 Å². The average molecular weight is 488 g/mol. The summed E-state index contributed by atoms with van der Waals surface area (Å²) in [7, 11) is 0. The second-order valence-electron chi connectivity index (χ2n) is 3.75. The number of benzene rings is 2. The van der Waals surface area contributed by atoms with Crippen LogP contribution in [0.25, 0.3) is 21.8 Å². The third-order valence-electron chi connectivity index (χ3n) is 2.65. The minimum absolute atomic E-state index is 0.748. The first-order valence-electron chi connectivity index (χ1n) is 4.82. The van der Waals surface area contributed by atoms with Crippen molar-refractivity contribution in [1.82, 2.24) is 4.98 Å². The van der Waals surface area contributed by atoms with Crippen LogP contribution in [-0.4, -0.2) is 4.98 Å². The fourth-order valence-corrected chi connectivity index (χ4v) is 4.28. The van der Waals surface area contributed by atoms with Crippen molar-refractivity contribution in [3.05, 3.63) is 41.5 Å². The average Bonchev–Trinajstić information content (AvgIpc) is 2.58. The maximum atomic E-state index is 6.11. The molecular formula is C12H5Cl2I2N. The van der Waals surface area contributed by atoms with Crippen LogP contribution in [-0.2, 0) is 0 Å². The quantitative estimate of drug-likeness (QED) is 0.384. The largest absolute Gasteiger partial charge is 0.353 e. The maximum absolute atomic E-state index is 6.11. The summed E-state index contributed by atoms with van der Waals surface area (Å²) >= 11 is 16.8. The molecule has 3 rings (SSSR count). The Morgan fingerprint density at radius 3 is 1.59 bits per heavy atom. The Hall–Kier alpha value is 0.280. The third kappa shape index (κ3) is 2.05. The zero-order valence-electron chi connectivity index (χ0n) is 8.32. The van der Waals surface area contributed by atoms with E-state index in [0.717, 1.165) is 39.0 Å². The summed E-state index contributed by atoms with van der Waals surface area (Å²) in [6.45, 7) is 0. The van der Waals surface area contributed by atoms with Gasteiger partial charge in [0.15, 0.2) is 0 Å². The Labute approximate surface area is 135 Å².